The van der Waals surface area contributed by atoms with Gasteiger partial charge in [-0.2, -0.15) is 0 Å². The number of ether oxygens (including phenoxy) is 1. The van der Waals surface area contributed by atoms with Crippen molar-refractivity contribution < 1.29 is 20.0 Å². The molecule has 0 aromatic carbocycles. The Balaban J connectivity index is -0.000000506. The first-order chi connectivity index (χ1) is 8.70. The molecular formula is C12H32N2O4. The van der Waals surface area contributed by atoms with Crippen molar-refractivity contribution in [3.8, 4) is 0 Å². The first-order valence-electron chi connectivity index (χ1n) is 6.39. The summed E-state index contributed by atoms with van der Waals surface area (Å²) in [6.07, 6.45) is 0.0857. The fraction of sp³-hybridized carbons (Fsp3) is 1.00. The van der Waals surface area contributed by atoms with E-state index in [1.165, 1.54) is 0 Å². The molecule has 0 heterocycles. The van der Waals surface area contributed by atoms with Gasteiger partial charge in [0, 0.05) is 40.4 Å². The van der Waals surface area contributed by atoms with Crippen molar-refractivity contribution in [1.29, 1.82) is 0 Å². The van der Waals surface area contributed by atoms with E-state index in [0.29, 0.717) is 6.54 Å². The summed E-state index contributed by atoms with van der Waals surface area (Å²) in [6.45, 7) is 11.0. The van der Waals surface area contributed by atoms with E-state index in [2.05, 4.69) is 15.5 Å². The Hall–Kier alpha value is -0.240. The molecule has 0 aromatic heterocycles. The highest BCUT2D eigenvalue weighted by atomic mass is 17.1. The summed E-state index contributed by atoms with van der Waals surface area (Å²) in [5.41, 5.74) is 0. The third-order valence-electron chi connectivity index (χ3n) is 1.92. The summed E-state index contributed by atoms with van der Waals surface area (Å²) >= 11 is 0. The van der Waals surface area contributed by atoms with E-state index >= 15 is 0 Å². The van der Waals surface area contributed by atoms with Crippen LogP contribution in [-0.4, -0.2) is 63.0 Å². The van der Waals surface area contributed by atoms with Crippen molar-refractivity contribution >= 4 is 0 Å². The van der Waals surface area contributed by atoms with Gasteiger partial charge in [-0.05, 0) is 13.8 Å². The molecule has 0 saturated heterocycles. The second kappa shape index (κ2) is 22.0. The van der Waals surface area contributed by atoms with Crippen molar-refractivity contribution in [1.82, 2.24) is 10.6 Å². The third-order valence-corrected chi connectivity index (χ3v) is 1.92. The van der Waals surface area contributed by atoms with Crippen molar-refractivity contribution in [2.24, 2.45) is 0 Å². The molecule has 0 fully saturated rings. The Bertz CT molecular complexity index is 115. The molecule has 0 amide bonds. The van der Waals surface area contributed by atoms with E-state index in [9.17, 15) is 0 Å². The van der Waals surface area contributed by atoms with Gasteiger partial charge in [-0.25, -0.2) is 4.89 Å². The van der Waals surface area contributed by atoms with E-state index in [1.54, 1.807) is 14.0 Å². The first kappa shape index (κ1) is 22.9. The van der Waals surface area contributed by atoms with Crippen LogP contribution in [0, 0.1) is 0 Å². The largest absolute Gasteiger partial charge is 0.400 e. The van der Waals surface area contributed by atoms with Crippen LogP contribution in [0.1, 0.15) is 27.7 Å². The molecule has 0 radical (unpaired) electrons. The van der Waals surface area contributed by atoms with Crippen LogP contribution in [0.5, 0.6) is 0 Å². The normalized spacial score (nSPS) is 12.7. The van der Waals surface area contributed by atoms with E-state index in [4.69, 9.17) is 15.1 Å². The Morgan fingerprint density at radius 1 is 0.944 bits per heavy atom. The Labute approximate surface area is 112 Å². The highest BCUT2D eigenvalue weighted by molar-refractivity contribution is 4.58. The maximum atomic E-state index is 8.27. The zero-order chi connectivity index (χ0) is 14.8. The zero-order valence-electron chi connectivity index (χ0n) is 12.7. The molecule has 2 unspecified atom stereocenters. The SMILES string of the molecule is CC.CO.COC(C)CNCCNCC(C)OO. The number of aliphatic hydroxyl groups is 1. The number of aliphatic hydroxyl groups excluding tert-OH is 1. The highest BCUT2D eigenvalue weighted by Crippen LogP contribution is 1.83. The molecular weight excluding hydrogens is 236 g/mol. The molecule has 0 aliphatic rings. The Morgan fingerprint density at radius 2 is 1.33 bits per heavy atom. The molecule has 0 aromatic rings. The van der Waals surface area contributed by atoms with Gasteiger partial charge in [-0.3, -0.25) is 5.26 Å². The van der Waals surface area contributed by atoms with Gasteiger partial charge in [0.25, 0.3) is 0 Å². The molecule has 4 N–H and O–H groups in total. The first-order valence-corrected chi connectivity index (χ1v) is 6.39. The third kappa shape index (κ3) is 21.1. The number of hydrogen-bond donors (Lipinski definition) is 4. The lowest BCUT2D eigenvalue weighted by molar-refractivity contribution is -0.272. The van der Waals surface area contributed by atoms with Crippen molar-refractivity contribution in [3.05, 3.63) is 0 Å². The van der Waals surface area contributed by atoms with Gasteiger partial charge in [0.15, 0.2) is 0 Å². The lowest BCUT2D eigenvalue weighted by Gasteiger charge is -2.12. The van der Waals surface area contributed by atoms with Crippen LogP contribution in [0.4, 0.5) is 0 Å². The summed E-state index contributed by atoms with van der Waals surface area (Å²) in [5.74, 6) is 0. The summed E-state index contributed by atoms with van der Waals surface area (Å²) in [4.78, 5) is 4.11. The molecule has 114 valence electrons. The van der Waals surface area contributed by atoms with Gasteiger partial charge in [-0.1, -0.05) is 13.8 Å². The van der Waals surface area contributed by atoms with E-state index < -0.39 is 0 Å². The average Bonchev–Trinajstić information content (AvgIpc) is 2.46. The fourth-order valence-electron chi connectivity index (χ4n) is 0.908. The lowest BCUT2D eigenvalue weighted by atomic mass is 10.4. The number of methoxy groups -OCH3 is 1. The van der Waals surface area contributed by atoms with Crippen molar-refractivity contribution in [3.63, 3.8) is 0 Å². The van der Waals surface area contributed by atoms with E-state index in [1.807, 2.05) is 20.8 Å². The zero-order valence-corrected chi connectivity index (χ0v) is 12.7. The molecule has 18 heavy (non-hydrogen) atoms. The molecule has 6 heteroatoms. The predicted molar refractivity (Wildman–Crippen MR) is 74.9 cm³/mol. The standard InChI is InChI=1S/C9H22N2O3.C2H6.CH4O/c1-8(13-3)6-10-4-5-11-7-9(2)14-12;2*1-2/h8-12H,4-7H2,1-3H3;1-2H3;2H,1H3. The number of nitrogens with one attached hydrogen (secondary N) is 2. The molecule has 0 spiro atoms. The summed E-state index contributed by atoms with van der Waals surface area (Å²) < 4.78 is 5.08. The van der Waals surface area contributed by atoms with Crippen LogP contribution in [0.25, 0.3) is 0 Å². The Kier molecular flexibility index (Phi) is 28.0. The van der Waals surface area contributed by atoms with Crippen molar-refractivity contribution in [2.75, 3.05) is 40.4 Å². The summed E-state index contributed by atoms with van der Waals surface area (Å²) in [7, 11) is 2.70. The maximum absolute atomic E-state index is 8.27. The maximum Gasteiger partial charge on any atom is 0.102 e. The van der Waals surface area contributed by atoms with Gasteiger partial charge < -0.3 is 20.5 Å². The summed E-state index contributed by atoms with van der Waals surface area (Å²) in [6, 6.07) is 0. The molecule has 0 bridgehead atoms. The topological polar surface area (TPSA) is 83.0 Å². The van der Waals surface area contributed by atoms with Crippen molar-refractivity contribution in [2.45, 2.75) is 39.9 Å². The van der Waals surface area contributed by atoms with E-state index in [-0.39, 0.29) is 12.2 Å². The highest BCUT2D eigenvalue weighted by Gasteiger charge is 1.99. The molecule has 0 saturated carbocycles. The van der Waals surface area contributed by atoms with Crippen LogP contribution < -0.4 is 10.6 Å². The van der Waals surface area contributed by atoms with Gasteiger partial charge >= 0.3 is 0 Å². The van der Waals surface area contributed by atoms with Gasteiger partial charge in [0.2, 0.25) is 0 Å². The minimum absolute atomic E-state index is 0.159. The molecule has 2 atom stereocenters. The average molecular weight is 268 g/mol. The minimum atomic E-state index is -0.159. The van der Waals surface area contributed by atoms with Crippen LogP contribution in [0.15, 0.2) is 0 Å². The predicted octanol–water partition coefficient (Wildman–Crippen LogP) is 0.713. The van der Waals surface area contributed by atoms with Gasteiger partial charge in [-0.15, -0.1) is 0 Å². The molecule has 0 rings (SSSR count). The lowest BCUT2D eigenvalue weighted by Crippen LogP contribution is -2.35. The summed E-state index contributed by atoms with van der Waals surface area (Å²) in [5, 5.41) is 21.6. The quantitative estimate of drug-likeness (QED) is 0.280. The molecule has 6 nitrogen and oxygen atoms in total. The minimum Gasteiger partial charge on any atom is -0.400 e. The van der Waals surface area contributed by atoms with E-state index in [0.717, 1.165) is 26.7 Å². The van der Waals surface area contributed by atoms with Crippen LogP contribution in [0.3, 0.4) is 0 Å². The van der Waals surface area contributed by atoms with Crippen LogP contribution >= 0.6 is 0 Å². The second-order valence-corrected chi connectivity index (χ2v) is 3.37. The molecule has 0 aliphatic carbocycles. The Morgan fingerprint density at radius 3 is 1.67 bits per heavy atom. The van der Waals surface area contributed by atoms with Crippen LogP contribution in [-0.2, 0) is 9.62 Å². The monoisotopic (exact) mass is 268 g/mol. The molecule has 0 aliphatic heterocycles. The number of rotatable bonds is 9. The van der Waals surface area contributed by atoms with Crippen LogP contribution in [0.2, 0.25) is 0 Å². The number of hydrogen-bond acceptors (Lipinski definition) is 6. The van der Waals surface area contributed by atoms with Gasteiger partial charge in [0.1, 0.15) is 6.10 Å². The van der Waals surface area contributed by atoms with Gasteiger partial charge in [0.05, 0.1) is 6.10 Å². The second-order valence-electron chi connectivity index (χ2n) is 3.37. The fourth-order valence-corrected chi connectivity index (χ4v) is 0.908. The smallest absolute Gasteiger partial charge is 0.102 e.